The average Bonchev–Trinajstić information content (AvgIpc) is 2.47. The fraction of sp³-hybridized carbons (Fsp3) is 0.111. The van der Waals surface area contributed by atoms with Crippen LogP contribution in [0.15, 0.2) is 60.9 Å². The zero-order valence-electron chi connectivity index (χ0n) is 12.7. The molecular formula is C18H18N4. The van der Waals surface area contributed by atoms with Crippen LogP contribution < -0.4 is 10.6 Å². The summed E-state index contributed by atoms with van der Waals surface area (Å²) < 4.78 is 0. The van der Waals surface area contributed by atoms with Crippen LogP contribution in [0, 0.1) is 13.8 Å². The second-order valence-corrected chi connectivity index (χ2v) is 5.28. The van der Waals surface area contributed by atoms with Gasteiger partial charge in [0.2, 0.25) is 0 Å². The largest absolute Gasteiger partial charge is 0.340 e. The Kier molecular flexibility index (Phi) is 4.01. The van der Waals surface area contributed by atoms with Crippen molar-refractivity contribution in [2.24, 2.45) is 0 Å². The SMILES string of the molecule is Cc1cc(C)cc(Nc2cc(Nc3ccccc3)ncn2)c1. The van der Waals surface area contributed by atoms with Gasteiger partial charge in [-0.3, -0.25) is 0 Å². The van der Waals surface area contributed by atoms with Crippen LogP contribution in [0.2, 0.25) is 0 Å². The van der Waals surface area contributed by atoms with Crippen LogP contribution in [0.5, 0.6) is 0 Å². The fourth-order valence-corrected chi connectivity index (χ4v) is 2.36. The maximum atomic E-state index is 4.27. The highest BCUT2D eigenvalue weighted by Crippen LogP contribution is 2.20. The Bertz CT molecular complexity index is 749. The molecule has 110 valence electrons. The van der Waals surface area contributed by atoms with Gasteiger partial charge in [-0.1, -0.05) is 24.3 Å². The summed E-state index contributed by atoms with van der Waals surface area (Å²) in [5.41, 5.74) is 4.47. The lowest BCUT2D eigenvalue weighted by atomic mass is 10.1. The predicted octanol–water partition coefficient (Wildman–Crippen LogP) is 4.58. The van der Waals surface area contributed by atoms with E-state index in [9.17, 15) is 0 Å². The Balaban J connectivity index is 1.79. The highest BCUT2D eigenvalue weighted by Gasteiger charge is 2.01. The first-order valence-corrected chi connectivity index (χ1v) is 7.18. The van der Waals surface area contributed by atoms with Crippen molar-refractivity contribution in [1.82, 2.24) is 9.97 Å². The van der Waals surface area contributed by atoms with E-state index < -0.39 is 0 Å². The van der Waals surface area contributed by atoms with Crippen molar-refractivity contribution in [3.8, 4) is 0 Å². The summed E-state index contributed by atoms with van der Waals surface area (Å²) in [6.45, 7) is 4.17. The molecule has 4 heteroatoms. The lowest BCUT2D eigenvalue weighted by molar-refractivity contribution is 1.17. The fourth-order valence-electron chi connectivity index (χ4n) is 2.36. The second-order valence-electron chi connectivity index (χ2n) is 5.28. The van der Waals surface area contributed by atoms with Gasteiger partial charge in [-0.15, -0.1) is 0 Å². The number of nitrogens with zero attached hydrogens (tertiary/aromatic N) is 2. The number of nitrogens with one attached hydrogen (secondary N) is 2. The highest BCUT2D eigenvalue weighted by molar-refractivity contribution is 5.63. The Hall–Kier alpha value is -2.88. The maximum absolute atomic E-state index is 4.27. The van der Waals surface area contributed by atoms with Gasteiger partial charge in [-0.05, 0) is 49.2 Å². The molecule has 1 aromatic heterocycles. The number of hydrogen-bond donors (Lipinski definition) is 2. The van der Waals surface area contributed by atoms with Gasteiger partial charge in [0, 0.05) is 17.4 Å². The molecule has 3 aromatic rings. The van der Waals surface area contributed by atoms with Crippen molar-refractivity contribution in [2.75, 3.05) is 10.6 Å². The Morgan fingerprint density at radius 2 is 1.27 bits per heavy atom. The van der Waals surface area contributed by atoms with Crippen LogP contribution >= 0.6 is 0 Å². The van der Waals surface area contributed by atoms with Gasteiger partial charge in [0.25, 0.3) is 0 Å². The van der Waals surface area contributed by atoms with E-state index in [-0.39, 0.29) is 0 Å². The van der Waals surface area contributed by atoms with Crippen LogP contribution in [0.25, 0.3) is 0 Å². The van der Waals surface area contributed by atoms with Crippen molar-refractivity contribution >= 4 is 23.0 Å². The topological polar surface area (TPSA) is 49.8 Å². The van der Waals surface area contributed by atoms with Gasteiger partial charge >= 0.3 is 0 Å². The highest BCUT2D eigenvalue weighted by atomic mass is 15.1. The number of hydrogen-bond acceptors (Lipinski definition) is 4. The van der Waals surface area contributed by atoms with Crippen molar-refractivity contribution in [2.45, 2.75) is 13.8 Å². The number of aryl methyl sites for hydroxylation is 2. The molecule has 4 nitrogen and oxygen atoms in total. The van der Waals surface area contributed by atoms with Gasteiger partial charge in [0.05, 0.1) is 0 Å². The zero-order chi connectivity index (χ0) is 15.4. The Labute approximate surface area is 130 Å². The first kappa shape index (κ1) is 14.1. The van der Waals surface area contributed by atoms with Crippen LogP contribution in [-0.4, -0.2) is 9.97 Å². The summed E-state index contributed by atoms with van der Waals surface area (Å²) in [5, 5.41) is 6.58. The summed E-state index contributed by atoms with van der Waals surface area (Å²) in [6.07, 6.45) is 1.55. The molecule has 2 aromatic carbocycles. The van der Waals surface area contributed by atoms with E-state index in [1.807, 2.05) is 36.4 Å². The molecule has 0 radical (unpaired) electrons. The van der Waals surface area contributed by atoms with Crippen LogP contribution in [0.1, 0.15) is 11.1 Å². The second kappa shape index (κ2) is 6.26. The molecule has 0 saturated carbocycles. The molecule has 0 aliphatic rings. The molecule has 0 bridgehead atoms. The first-order valence-electron chi connectivity index (χ1n) is 7.18. The van der Waals surface area contributed by atoms with Crippen LogP contribution in [0.3, 0.4) is 0 Å². The first-order chi connectivity index (χ1) is 10.7. The van der Waals surface area contributed by atoms with Crippen molar-refractivity contribution < 1.29 is 0 Å². The van der Waals surface area contributed by atoms with Gasteiger partial charge in [-0.2, -0.15) is 0 Å². The van der Waals surface area contributed by atoms with E-state index in [0.717, 1.165) is 23.0 Å². The van der Waals surface area contributed by atoms with Crippen molar-refractivity contribution in [3.63, 3.8) is 0 Å². The van der Waals surface area contributed by atoms with Crippen molar-refractivity contribution in [1.29, 1.82) is 0 Å². The minimum atomic E-state index is 0.757. The minimum absolute atomic E-state index is 0.757. The molecule has 0 amide bonds. The number of aromatic nitrogens is 2. The third kappa shape index (κ3) is 3.61. The van der Waals surface area contributed by atoms with E-state index in [0.29, 0.717) is 0 Å². The maximum Gasteiger partial charge on any atom is 0.135 e. The lowest BCUT2D eigenvalue weighted by Gasteiger charge is -2.10. The van der Waals surface area contributed by atoms with Crippen LogP contribution in [0.4, 0.5) is 23.0 Å². The lowest BCUT2D eigenvalue weighted by Crippen LogP contribution is -1.98. The van der Waals surface area contributed by atoms with E-state index in [2.05, 4.69) is 52.6 Å². The standard InChI is InChI=1S/C18H18N4/c1-13-8-14(2)10-16(9-13)22-18-11-17(19-12-20-18)21-15-6-4-3-5-7-15/h3-12H,1-2H3,(H2,19,20,21,22). The third-order valence-electron chi connectivity index (χ3n) is 3.21. The average molecular weight is 290 g/mol. The predicted molar refractivity (Wildman–Crippen MR) is 91.0 cm³/mol. The molecule has 0 fully saturated rings. The van der Waals surface area contributed by atoms with Crippen molar-refractivity contribution in [3.05, 3.63) is 72.1 Å². The molecular weight excluding hydrogens is 272 g/mol. The molecule has 0 aliphatic heterocycles. The van der Waals surface area contributed by atoms with Gasteiger partial charge in [0.15, 0.2) is 0 Å². The number of anilines is 4. The molecule has 1 heterocycles. The Morgan fingerprint density at radius 1 is 0.682 bits per heavy atom. The van der Waals surface area contributed by atoms with Crippen LogP contribution in [-0.2, 0) is 0 Å². The summed E-state index contributed by atoms with van der Waals surface area (Å²) in [7, 11) is 0. The number of rotatable bonds is 4. The zero-order valence-corrected chi connectivity index (χ0v) is 12.7. The van der Waals surface area contributed by atoms with E-state index >= 15 is 0 Å². The van der Waals surface area contributed by atoms with E-state index in [1.54, 1.807) is 6.33 Å². The molecule has 0 unspecified atom stereocenters. The third-order valence-corrected chi connectivity index (χ3v) is 3.21. The van der Waals surface area contributed by atoms with Gasteiger partial charge in [-0.25, -0.2) is 9.97 Å². The number of benzene rings is 2. The number of para-hydroxylation sites is 1. The minimum Gasteiger partial charge on any atom is -0.340 e. The molecule has 0 spiro atoms. The molecule has 0 atom stereocenters. The van der Waals surface area contributed by atoms with E-state index in [1.165, 1.54) is 11.1 Å². The molecule has 0 aliphatic carbocycles. The smallest absolute Gasteiger partial charge is 0.135 e. The normalized spacial score (nSPS) is 10.3. The Morgan fingerprint density at radius 3 is 1.91 bits per heavy atom. The summed E-state index contributed by atoms with van der Waals surface area (Å²) in [6, 6.07) is 18.2. The summed E-state index contributed by atoms with van der Waals surface area (Å²) >= 11 is 0. The molecule has 3 rings (SSSR count). The molecule has 22 heavy (non-hydrogen) atoms. The summed E-state index contributed by atoms with van der Waals surface area (Å²) in [5.74, 6) is 1.52. The molecule has 0 saturated heterocycles. The monoisotopic (exact) mass is 290 g/mol. The van der Waals surface area contributed by atoms with E-state index in [4.69, 9.17) is 0 Å². The molecule has 2 N–H and O–H groups in total. The van der Waals surface area contributed by atoms with Gasteiger partial charge in [0.1, 0.15) is 18.0 Å². The van der Waals surface area contributed by atoms with Gasteiger partial charge < -0.3 is 10.6 Å². The summed E-state index contributed by atoms with van der Waals surface area (Å²) in [4.78, 5) is 8.52. The quantitative estimate of drug-likeness (QED) is 0.738.